The van der Waals surface area contributed by atoms with Crippen LogP contribution in [0, 0.1) is 29.5 Å². The minimum atomic E-state index is -0.848. The van der Waals surface area contributed by atoms with Gasteiger partial charge in [0.05, 0.1) is 5.92 Å². The zero-order chi connectivity index (χ0) is 23.2. The maximum Gasteiger partial charge on any atom is 0.307 e. The van der Waals surface area contributed by atoms with Crippen LogP contribution in [-0.2, 0) is 16.0 Å². The van der Waals surface area contributed by atoms with Crippen molar-refractivity contribution in [2.45, 2.75) is 56.6 Å². The van der Waals surface area contributed by atoms with Gasteiger partial charge >= 0.3 is 5.97 Å². The molecule has 4 fully saturated rings. The Kier molecular flexibility index (Phi) is 6.11. The largest absolute Gasteiger partial charge is 0.481 e. The van der Waals surface area contributed by atoms with Gasteiger partial charge in [0.15, 0.2) is 5.78 Å². The number of hydrogen-bond acceptors (Lipinski definition) is 3. The minimum absolute atomic E-state index is 0.140. The lowest BCUT2D eigenvalue weighted by molar-refractivity contribution is -0.140. The summed E-state index contributed by atoms with van der Waals surface area (Å²) in [6.45, 7) is 1.64. The number of rotatable bonds is 8. The van der Waals surface area contributed by atoms with Crippen LogP contribution in [0.2, 0.25) is 0 Å². The molecular weight excluding hydrogens is 435 g/mol. The highest BCUT2D eigenvalue weighted by Gasteiger charge is 2.51. The van der Waals surface area contributed by atoms with Gasteiger partial charge in [-0.05, 0) is 85.0 Å². The van der Waals surface area contributed by atoms with Gasteiger partial charge in [0.25, 0.3) is 0 Å². The Morgan fingerprint density at radius 1 is 1.03 bits per heavy atom. The molecule has 1 N–H and O–H groups in total. The number of aliphatic carboxylic acids is 1. The second-order valence-corrected chi connectivity index (χ2v) is 11.7. The first-order valence-electron chi connectivity index (χ1n) is 12.1. The Morgan fingerprint density at radius 3 is 2.27 bits per heavy atom. The summed E-state index contributed by atoms with van der Waals surface area (Å²) in [6, 6.07) is 12.8. The second-order valence-electron chi connectivity index (χ2n) is 10.7. The third-order valence-electron chi connectivity index (χ3n) is 8.14. The molecule has 2 aromatic carbocycles. The number of halogens is 1. The molecule has 0 aromatic heterocycles. The van der Waals surface area contributed by atoms with E-state index in [-0.39, 0.29) is 11.2 Å². The molecule has 4 saturated carbocycles. The van der Waals surface area contributed by atoms with Gasteiger partial charge < -0.3 is 5.11 Å². The maximum absolute atomic E-state index is 14.7. The molecule has 1 atom stereocenters. The van der Waals surface area contributed by atoms with Crippen LogP contribution >= 0.6 is 11.8 Å². The van der Waals surface area contributed by atoms with E-state index in [4.69, 9.17) is 5.11 Å². The van der Waals surface area contributed by atoms with Gasteiger partial charge in [-0.15, -0.1) is 0 Å². The fourth-order valence-corrected chi connectivity index (χ4v) is 7.91. The van der Waals surface area contributed by atoms with E-state index in [9.17, 15) is 14.0 Å². The molecule has 33 heavy (non-hydrogen) atoms. The fraction of sp³-hybridized carbons (Fsp3) is 0.500. The first kappa shape index (κ1) is 22.6. The van der Waals surface area contributed by atoms with E-state index in [1.165, 1.54) is 61.9 Å². The van der Waals surface area contributed by atoms with Crippen molar-refractivity contribution in [3.05, 3.63) is 70.5 Å². The summed E-state index contributed by atoms with van der Waals surface area (Å²) < 4.78 is 14.7. The summed E-state index contributed by atoms with van der Waals surface area (Å²) in [5.74, 6) is 1.47. The van der Waals surface area contributed by atoms with Crippen LogP contribution in [-0.4, -0.2) is 22.6 Å². The number of carbonyl (C=O) groups is 2. The quantitative estimate of drug-likeness (QED) is 0.453. The Labute approximate surface area is 199 Å². The predicted molar refractivity (Wildman–Crippen MR) is 129 cm³/mol. The number of carboxylic acid groups (broad SMARTS) is 1. The van der Waals surface area contributed by atoms with E-state index in [2.05, 4.69) is 12.1 Å². The number of carbonyl (C=O) groups excluding carboxylic acids is 1. The standard InChI is InChI=1S/C28H31FO3S/c1-17(27(31)32)15-33-16-23-6-5-22(11-25(23)29)26(30)21-3-2-4-24(10-21)28-12-18-7-19(13-28)9-20(8-18)14-28/h2-6,10-11,17-20H,7-9,12-16H2,1H3,(H,31,32). The van der Waals surface area contributed by atoms with Crippen molar-refractivity contribution in [2.24, 2.45) is 23.7 Å². The van der Waals surface area contributed by atoms with Crippen LogP contribution in [0.25, 0.3) is 0 Å². The SMILES string of the molecule is CC(CSCc1ccc(C(=O)c2cccc(C34CC5CC(CC(C5)C3)C4)c2)cc1F)C(=O)O. The molecule has 1 unspecified atom stereocenters. The molecule has 0 spiro atoms. The average molecular weight is 467 g/mol. The van der Waals surface area contributed by atoms with Gasteiger partial charge in [-0.2, -0.15) is 11.8 Å². The van der Waals surface area contributed by atoms with Crippen molar-refractivity contribution >= 4 is 23.5 Å². The van der Waals surface area contributed by atoms with Crippen molar-refractivity contribution in [3.63, 3.8) is 0 Å². The van der Waals surface area contributed by atoms with E-state index < -0.39 is 17.7 Å². The number of carboxylic acids is 1. The van der Waals surface area contributed by atoms with Gasteiger partial charge in [0.1, 0.15) is 5.82 Å². The summed E-state index contributed by atoms with van der Waals surface area (Å²) in [4.78, 5) is 24.2. The summed E-state index contributed by atoms with van der Waals surface area (Å²) >= 11 is 1.39. The molecular formula is C28H31FO3S. The third-order valence-corrected chi connectivity index (χ3v) is 9.39. The minimum Gasteiger partial charge on any atom is -0.481 e. The van der Waals surface area contributed by atoms with E-state index in [0.717, 1.165) is 17.8 Å². The van der Waals surface area contributed by atoms with Gasteiger partial charge in [-0.3, -0.25) is 9.59 Å². The lowest BCUT2D eigenvalue weighted by Crippen LogP contribution is -2.48. The molecule has 2 aromatic rings. The zero-order valence-corrected chi connectivity index (χ0v) is 19.9. The van der Waals surface area contributed by atoms with Gasteiger partial charge in [0.2, 0.25) is 0 Å². The molecule has 6 rings (SSSR count). The molecule has 4 bridgehead atoms. The van der Waals surface area contributed by atoms with Gasteiger partial charge in [-0.25, -0.2) is 4.39 Å². The summed E-state index contributed by atoms with van der Waals surface area (Å²) in [6.07, 6.45) is 7.90. The smallest absolute Gasteiger partial charge is 0.307 e. The van der Waals surface area contributed by atoms with Crippen LogP contribution in [0.3, 0.4) is 0 Å². The first-order valence-corrected chi connectivity index (χ1v) is 13.2. The van der Waals surface area contributed by atoms with Crippen molar-refractivity contribution in [1.29, 1.82) is 0 Å². The molecule has 0 amide bonds. The molecule has 0 heterocycles. The van der Waals surface area contributed by atoms with Crippen molar-refractivity contribution in [2.75, 3.05) is 5.75 Å². The van der Waals surface area contributed by atoms with Crippen LogP contribution in [0.15, 0.2) is 42.5 Å². The highest BCUT2D eigenvalue weighted by atomic mass is 32.2. The van der Waals surface area contributed by atoms with Crippen LogP contribution in [0.5, 0.6) is 0 Å². The van der Waals surface area contributed by atoms with E-state index >= 15 is 0 Å². The Hall–Kier alpha value is -2.14. The number of benzene rings is 2. The van der Waals surface area contributed by atoms with E-state index in [1.807, 2.05) is 12.1 Å². The van der Waals surface area contributed by atoms with Crippen molar-refractivity contribution in [3.8, 4) is 0 Å². The Balaban J connectivity index is 1.31. The monoisotopic (exact) mass is 466 g/mol. The Bertz CT molecular complexity index is 1040. The maximum atomic E-state index is 14.7. The topological polar surface area (TPSA) is 54.4 Å². The van der Waals surface area contributed by atoms with Crippen LogP contribution in [0.1, 0.15) is 72.5 Å². The van der Waals surface area contributed by atoms with Gasteiger partial charge in [0, 0.05) is 22.6 Å². The number of hydrogen-bond donors (Lipinski definition) is 1. The molecule has 0 aliphatic heterocycles. The van der Waals surface area contributed by atoms with E-state index in [1.54, 1.807) is 19.1 Å². The van der Waals surface area contributed by atoms with Crippen molar-refractivity contribution < 1.29 is 19.1 Å². The highest BCUT2D eigenvalue weighted by molar-refractivity contribution is 7.98. The third kappa shape index (κ3) is 4.49. The summed E-state index contributed by atoms with van der Waals surface area (Å²) in [5.41, 5.74) is 3.03. The van der Waals surface area contributed by atoms with Crippen LogP contribution < -0.4 is 0 Å². The predicted octanol–water partition coefficient (Wildman–Crippen LogP) is 6.48. The zero-order valence-electron chi connectivity index (χ0n) is 19.1. The summed E-state index contributed by atoms with van der Waals surface area (Å²) in [7, 11) is 0. The molecule has 4 aliphatic carbocycles. The first-order chi connectivity index (χ1) is 15.8. The van der Waals surface area contributed by atoms with E-state index in [0.29, 0.717) is 28.2 Å². The number of ketones is 1. The Morgan fingerprint density at radius 2 is 1.67 bits per heavy atom. The highest BCUT2D eigenvalue weighted by Crippen LogP contribution is 2.60. The fourth-order valence-electron chi connectivity index (χ4n) is 6.84. The molecule has 0 radical (unpaired) electrons. The average Bonchev–Trinajstić information content (AvgIpc) is 2.78. The molecule has 4 aliphatic rings. The lowest BCUT2D eigenvalue weighted by atomic mass is 9.48. The summed E-state index contributed by atoms with van der Waals surface area (Å²) in [5, 5.41) is 8.98. The second kappa shape index (κ2) is 8.90. The van der Waals surface area contributed by atoms with Gasteiger partial charge in [-0.1, -0.05) is 37.3 Å². The van der Waals surface area contributed by atoms with Crippen molar-refractivity contribution in [1.82, 2.24) is 0 Å². The lowest BCUT2D eigenvalue weighted by Gasteiger charge is -2.57. The number of thioether (sulfide) groups is 1. The molecule has 3 nitrogen and oxygen atoms in total. The normalized spacial score (nSPS) is 28.6. The molecule has 0 saturated heterocycles. The molecule has 174 valence electrons. The molecule has 5 heteroatoms. The van der Waals surface area contributed by atoms with Crippen LogP contribution in [0.4, 0.5) is 4.39 Å².